The van der Waals surface area contributed by atoms with E-state index in [1.165, 1.54) is 16.8 Å². The topological polar surface area (TPSA) is 296 Å². The number of rotatable bonds is 23. The molecule has 65 heavy (non-hydrogen) atoms. The van der Waals surface area contributed by atoms with Gasteiger partial charge in [-0.05, 0) is 78.1 Å². The van der Waals surface area contributed by atoms with Crippen molar-refractivity contribution in [3.8, 4) is 0 Å². The number of benzene rings is 3. The van der Waals surface area contributed by atoms with Gasteiger partial charge in [0, 0.05) is 31.4 Å². The van der Waals surface area contributed by atoms with Crippen LogP contribution in [0, 0.1) is 11.8 Å². The molecule has 3 unspecified atom stereocenters. The molecule has 3 aromatic rings. The molecular formula is C46H61N9O10. The molecular weight excluding hydrogens is 839 g/mol. The van der Waals surface area contributed by atoms with E-state index in [1.54, 1.807) is 52.0 Å². The van der Waals surface area contributed by atoms with Crippen molar-refractivity contribution >= 4 is 69.8 Å². The highest BCUT2D eigenvalue weighted by Gasteiger charge is 2.44. The normalized spacial score (nSPS) is 15.8. The first-order valence-electron chi connectivity index (χ1n) is 21.7. The van der Waals surface area contributed by atoms with Gasteiger partial charge in [0.2, 0.25) is 29.5 Å². The summed E-state index contributed by atoms with van der Waals surface area (Å²) in [6, 6.07) is 13.5. The van der Waals surface area contributed by atoms with Gasteiger partial charge in [0.15, 0.2) is 5.96 Å². The van der Waals surface area contributed by atoms with Crippen LogP contribution in [0.5, 0.6) is 0 Å². The molecule has 0 spiro atoms. The quantitative estimate of drug-likeness (QED) is 0.0386. The summed E-state index contributed by atoms with van der Waals surface area (Å²) in [4.78, 5) is 112. The van der Waals surface area contributed by atoms with Gasteiger partial charge in [-0.1, -0.05) is 76.6 Å². The molecule has 1 fully saturated rings. The first-order valence-corrected chi connectivity index (χ1v) is 21.7. The van der Waals surface area contributed by atoms with E-state index in [0.717, 1.165) is 10.8 Å². The predicted molar refractivity (Wildman–Crippen MR) is 243 cm³/mol. The van der Waals surface area contributed by atoms with Crippen LogP contribution in [-0.2, 0) is 40.0 Å². The minimum atomic E-state index is -1.71. The Balaban J connectivity index is 1.43. The van der Waals surface area contributed by atoms with E-state index in [0.29, 0.717) is 23.2 Å². The van der Waals surface area contributed by atoms with Gasteiger partial charge in [0.1, 0.15) is 30.2 Å². The molecule has 1 aliphatic rings. The Morgan fingerprint density at radius 1 is 0.846 bits per heavy atom. The second-order valence-electron chi connectivity index (χ2n) is 16.8. The van der Waals surface area contributed by atoms with Crippen LogP contribution in [0.4, 0.5) is 5.69 Å². The summed E-state index contributed by atoms with van der Waals surface area (Å²) in [5, 5.41) is 31.8. The van der Waals surface area contributed by atoms with Gasteiger partial charge < -0.3 is 52.7 Å². The van der Waals surface area contributed by atoms with Gasteiger partial charge >= 0.3 is 11.9 Å². The molecule has 0 saturated carbocycles. The molecule has 3 aromatic carbocycles. The third-order valence-corrected chi connectivity index (χ3v) is 11.4. The van der Waals surface area contributed by atoms with Gasteiger partial charge in [-0.3, -0.25) is 38.6 Å². The fourth-order valence-electron chi connectivity index (χ4n) is 7.62. The number of hydrogen-bond donors (Lipinski definition) is 8. The van der Waals surface area contributed by atoms with Crippen molar-refractivity contribution in [1.82, 2.24) is 25.8 Å². The number of nitrogens with one attached hydrogen (secondary N) is 4. The van der Waals surface area contributed by atoms with Gasteiger partial charge in [0.25, 0.3) is 5.91 Å². The molecule has 0 radical (unpaired) electrons. The lowest BCUT2D eigenvalue weighted by molar-refractivity contribution is -0.146. The van der Waals surface area contributed by atoms with E-state index in [1.807, 2.05) is 42.5 Å². The number of likely N-dealkylation sites (N-methyl/N-ethyl adjacent to an activating group) is 1. The number of carbonyl (C=O) groups is 8. The van der Waals surface area contributed by atoms with Gasteiger partial charge in [0.05, 0.1) is 12.8 Å². The molecule has 0 aliphatic carbocycles. The van der Waals surface area contributed by atoms with Crippen molar-refractivity contribution < 1.29 is 48.6 Å². The second kappa shape index (κ2) is 23.6. The average molecular weight is 900 g/mol. The molecule has 19 heteroatoms. The number of aliphatic carboxylic acids is 2. The minimum absolute atomic E-state index is 0.0644. The molecule has 19 nitrogen and oxygen atoms in total. The fourth-order valence-corrected chi connectivity index (χ4v) is 7.62. The van der Waals surface area contributed by atoms with E-state index in [2.05, 4.69) is 26.3 Å². The van der Waals surface area contributed by atoms with Crippen molar-refractivity contribution in [2.45, 2.75) is 103 Å². The van der Waals surface area contributed by atoms with Crippen LogP contribution >= 0.6 is 0 Å². The van der Waals surface area contributed by atoms with E-state index < -0.39 is 78.1 Å². The van der Waals surface area contributed by atoms with Crippen LogP contribution in [0.1, 0.15) is 82.1 Å². The zero-order valence-corrected chi connectivity index (χ0v) is 37.4. The van der Waals surface area contributed by atoms with Crippen LogP contribution in [0.3, 0.4) is 0 Å². The molecule has 0 bridgehead atoms. The maximum atomic E-state index is 14.1. The van der Waals surface area contributed by atoms with E-state index in [-0.39, 0.29) is 68.9 Å². The first kappa shape index (κ1) is 50.6. The van der Waals surface area contributed by atoms with Gasteiger partial charge in [-0.2, -0.15) is 0 Å². The van der Waals surface area contributed by atoms with Gasteiger partial charge in [-0.25, -0.2) is 4.79 Å². The molecule has 350 valence electrons. The Hall–Kier alpha value is -7.05. The standard InChI is InChI=1S/C46H61N9O10/c1-6-27(4)39(43(62)52-34(25-38(57)58)42(61)51-33(12-9-20-49-46(47)48)41(60)53-35(45(64)65)22-26(2)3)55-21-19-36(44(55)63)54(5)37(56)23-28-13-15-30(16-14-28)40(59)50-32-18-17-29-10-7-8-11-31(29)24-32/h7-8,10-11,13-18,24,26-27,33-36,39H,6,9,12,19-23,25H2,1-5H3,(H,50,59)(H,51,61)(H,52,62)(H,53,60)(H,57,58)(H,64,65)(H4,47,48,49)/t27?,33-,34-,35-,36?,39?/m0/s1. The van der Waals surface area contributed by atoms with Crippen molar-refractivity contribution in [3.63, 3.8) is 0 Å². The molecule has 4 rings (SSSR count). The highest BCUT2D eigenvalue weighted by atomic mass is 16.4. The summed E-state index contributed by atoms with van der Waals surface area (Å²) in [6.45, 7) is 7.22. The van der Waals surface area contributed by atoms with Crippen LogP contribution in [0.25, 0.3) is 10.8 Å². The van der Waals surface area contributed by atoms with E-state index in [9.17, 15) is 48.6 Å². The van der Waals surface area contributed by atoms with E-state index in [4.69, 9.17) is 11.5 Å². The molecule has 0 aromatic heterocycles. The lowest BCUT2D eigenvalue weighted by Crippen LogP contribution is -2.59. The summed E-state index contributed by atoms with van der Waals surface area (Å²) < 4.78 is 0. The maximum Gasteiger partial charge on any atom is 0.326 e. The monoisotopic (exact) mass is 899 g/mol. The number of carbonyl (C=O) groups excluding carboxylic acids is 6. The number of guanidine groups is 1. The fraction of sp³-hybridized carbons (Fsp3) is 0.457. The first-order chi connectivity index (χ1) is 30.8. The smallest absolute Gasteiger partial charge is 0.326 e. The Labute approximate surface area is 377 Å². The Kier molecular flexibility index (Phi) is 18.4. The van der Waals surface area contributed by atoms with Crippen molar-refractivity contribution in [2.75, 3.05) is 25.5 Å². The number of carboxylic acids is 2. The zero-order chi connectivity index (χ0) is 48.0. The van der Waals surface area contributed by atoms with Crippen LogP contribution < -0.4 is 32.7 Å². The molecule has 6 amide bonds. The third-order valence-electron chi connectivity index (χ3n) is 11.4. The van der Waals surface area contributed by atoms with Crippen LogP contribution in [0.2, 0.25) is 0 Å². The number of amides is 6. The van der Waals surface area contributed by atoms with Crippen molar-refractivity contribution in [3.05, 3.63) is 77.9 Å². The summed E-state index contributed by atoms with van der Waals surface area (Å²) in [6.07, 6.45) is -0.175. The SMILES string of the molecule is CCC(C)C(C(=O)N[C@@H](CC(=O)O)C(=O)N[C@@H](CCCN=C(N)N)C(=O)N[C@@H](CC(C)C)C(=O)O)N1CCC(N(C)C(=O)Cc2ccc(C(=O)Nc3ccc4ccccc4c3)cc2)C1=O. The van der Waals surface area contributed by atoms with Crippen LogP contribution in [0.15, 0.2) is 71.7 Å². The molecule has 1 aliphatic heterocycles. The average Bonchev–Trinajstić information content (AvgIpc) is 3.63. The highest BCUT2D eigenvalue weighted by molar-refractivity contribution is 6.05. The third kappa shape index (κ3) is 14.5. The highest BCUT2D eigenvalue weighted by Crippen LogP contribution is 2.26. The van der Waals surface area contributed by atoms with Crippen LogP contribution in [-0.4, -0.2) is 124 Å². The predicted octanol–water partition coefficient (Wildman–Crippen LogP) is 2.22. The lowest BCUT2D eigenvalue weighted by atomic mass is 9.96. The molecule has 1 saturated heterocycles. The van der Waals surface area contributed by atoms with Crippen molar-refractivity contribution in [1.29, 1.82) is 0 Å². The van der Waals surface area contributed by atoms with E-state index >= 15 is 0 Å². The summed E-state index contributed by atoms with van der Waals surface area (Å²) >= 11 is 0. The Morgan fingerprint density at radius 3 is 2.09 bits per heavy atom. The number of anilines is 1. The largest absolute Gasteiger partial charge is 0.481 e. The summed E-state index contributed by atoms with van der Waals surface area (Å²) in [7, 11) is 1.50. The van der Waals surface area contributed by atoms with Crippen molar-refractivity contribution in [2.24, 2.45) is 28.3 Å². The van der Waals surface area contributed by atoms with Gasteiger partial charge in [-0.15, -0.1) is 0 Å². The summed E-state index contributed by atoms with van der Waals surface area (Å²) in [5.41, 5.74) is 12.4. The maximum absolute atomic E-state index is 14.1. The molecule has 10 N–H and O–H groups in total. The number of hydrogen-bond acceptors (Lipinski definition) is 9. The molecule has 6 atom stereocenters. The second-order valence-corrected chi connectivity index (χ2v) is 16.8. The number of aliphatic imine (C=N–C) groups is 1. The minimum Gasteiger partial charge on any atom is -0.481 e. The number of likely N-dealkylation sites (tertiary alicyclic amines) is 1. The molecule has 1 heterocycles. The Morgan fingerprint density at radius 2 is 1.48 bits per heavy atom. The lowest BCUT2D eigenvalue weighted by Gasteiger charge is -2.33. The number of fused-ring (bicyclic) bond motifs is 1. The Bertz CT molecular complexity index is 2250. The number of carboxylic acid groups (broad SMARTS) is 2. The number of nitrogens with two attached hydrogens (primary N) is 2. The number of nitrogens with zero attached hydrogens (tertiary/aromatic N) is 3. The zero-order valence-electron chi connectivity index (χ0n) is 37.4. The summed E-state index contributed by atoms with van der Waals surface area (Å²) in [5.74, 6) is -7.42.